The molecule has 1 aliphatic carbocycles. The molecule has 3 rings (SSSR count). The van der Waals surface area contributed by atoms with Crippen LogP contribution >= 0.6 is 11.6 Å². The van der Waals surface area contributed by atoms with E-state index in [2.05, 4.69) is 41.4 Å². The summed E-state index contributed by atoms with van der Waals surface area (Å²) >= 11 is 6.01. The summed E-state index contributed by atoms with van der Waals surface area (Å²) in [6.45, 7) is 4.97. The highest BCUT2D eigenvalue weighted by Crippen LogP contribution is 2.38. The molecular formula is C17H22ClN3O. The predicted molar refractivity (Wildman–Crippen MR) is 86.8 cm³/mol. The topological polar surface area (TPSA) is 51.0 Å². The number of benzene rings is 1. The third-order valence-corrected chi connectivity index (χ3v) is 4.86. The predicted octanol–water partition coefficient (Wildman–Crippen LogP) is 4.41. The lowest BCUT2D eigenvalue weighted by molar-refractivity contribution is 0.276. The van der Waals surface area contributed by atoms with Crippen LogP contribution in [0.3, 0.4) is 0 Å². The molecule has 0 saturated heterocycles. The Morgan fingerprint density at radius 2 is 1.91 bits per heavy atom. The molecule has 1 saturated carbocycles. The molecule has 118 valence electrons. The van der Waals surface area contributed by atoms with E-state index in [1.54, 1.807) is 0 Å². The highest BCUT2D eigenvalue weighted by molar-refractivity contribution is 6.30. The largest absolute Gasteiger partial charge is 0.338 e. The van der Waals surface area contributed by atoms with Crippen LogP contribution in [0.4, 0.5) is 0 Å². The molecule has 0 aliphatic heterocycles. The highest BCUT2D eigenvalue weighted by atomic mass is 35.5. The van der Waals surface area contributed by atoms with Gasteiger partial charge in [0.1, 0.15) is 0 Å². The van der Waals surface area contributed by atoms with Gasteiger partial charge in [0.25, 0.3) is 0 Å². The first-order valence-electron chi connectivity index (χ1n) is 8.00. The van der Waals surface area contributed by atoms with E-state index in [1.165, 1.54) is 18.4 Å². The number of nitrogens with zero attached hydrogens (tertiary/aromatic N) is 2. The maximum atomic E-state index is 6.01. The first-order chi connectivity index (χ1) is 10.7. The van der Waals surface area contributed by atoms with Crippen LogP contribution in [0.15, 0.2) is 28.8 Å². The number of aromatic nitrogens is 2. The van der Waals surface area contributed by atoms with E-state index >= 15 is 0 Å². The maximum Gasteiger partial charge on any atom is 0.240 e. The smallest absolute Gasteiger partial charge is 0.240 e. The zero-order valence-corrected chi connectivity index (χ0v) is 13.9. The van der Waals surface area contributed by atoms with Gasteiger partial charge in [0.15, 0.2) is 5.82 Å². The number of rotatable bonds is 7. The Labute approximate surface area is 136 Å². The number of hydrogen-bond donors (Lipinski definition) is 1. The Morgan fingerprint density at radius 3 is 2.50 bits per heavy atom. The molecule has 0 atom stereocenters. The quantitative estimate of drug-likeness (QED) is 0.821. The third kappa shape index (κ3) is 3.18. The Bertz CT molecular complexity index is 615. The Morgan fingerprint density at radius 1 is 1.23 bits per heavy atom. The van der Waals surface area contributed by atoms with Crippen LogP contribution in [-0.4, -0.2) is 10.1 Å². The molecule has 1 N–H and O–H groups in total. The maximum absolute atomic E-state index is 6.01. The van der Waals surface area contributed by atoms with Crippen molar-refractivity contribution in [1.82, 2.24) is 15.5 Å². The average molecular weight is 320 g/mol. The minimum absolute atomic E-state index is 0.0984. The molecule has 0 bridgehead atoms. The van der Waals surface area contributed by atoms with E-state index in [0.717, 1.165) is 23.7 Å². The number of halogens is 1. The number of hydrogen-bond acceptors (Lipinski definition) is 4. The van der Waals surface area contributed by atoms with E-state index in [0.29, 0.717) is 18.4 Å². The van der Waals surface area contributed by atoms with Crippen molar-refractivity contribution in [3.8, 4) is 0 Å². The van der Waals surface area contributed by atoms with Gasteiger partial charge in [-0.1, -0.05) is 42.7 Å². The van der Waals surface area contributed by atoms with Gasteiger partial charge in [0, 0.05) is 16.5 Å². The molecule has 1 fully saturated rings. The fraction of sp³-hybridized carbons (Fsp3) is 0.529. The van der Waals surface area contributed by atoms with Gasteiger partial charge in [0.05, 0.1) is 6.54 Å². The van der Waals surface area contributed by atoms with E-state index in [1.807, 2.05) is 12.1 Å². The van der Waals surface area contributed by atoms with Crippen LogP contribution in [-0.2, 0) is 12.1 Å². The van der Waals surface area contributed by atoms with E-state index in [9.17, 15) is 0 Å². The first kappa shape index (κ1) is 15.5. The second kappa shape index (κ2) is 6.39. The second-order valence-corrected chi connectivity index (χ2v) is 6.41. The third-order valence-electron chi connectivity index (χ3n) is 4.61. The lowest BCUT2D eigenvalue weighted by Gasteiger charge is -2.33. The summed E-state index contributed by atoms with van der Waals surface area (Å²) in [7, 11) is 0. The molecule has 1 aliphatic rings. The molecular weight excluding hydrogens is 298 g/mol. The Hall–Kier alpha value is -1.39. The lowest BCUT2D eigenvalue weighted by atomic mass is 9.84. The van der Waals surface area contributed by atoms with Gasteiger partial charge in [-0.2, -0.15) is 4.98 Å². The standard InChI is InChI=1S/C17H22ClN3O/c1-3-17(4-2,13-7-9-14(18)10-8-13)19-11-15-20-16(21-22-15)12-5-6-12/h7-10,12,19H,3-6,11H2,1-2H3. The highest BCUT2D eigenvalue weighted by Gasteiger charge is 2.31. The Kier molecular flexibility index (Phi) is 4.50. The van der Waals surface area contributed by atoms with E-state index in [4.69, 9.17) is 16.1 Å². The molecule has 0 spiro atoms. The molecule has 22 heavy (non-hydrogen) atoms. The van der Waals surface area contributed by atoms with Gasteiger partial charge in [-0.05, 0) is 43.4 Å². The van der Waals surface area contributed by atoms with Crippen LogP contribution < -0.4 is 5.32 Å². The summed E-state index contributed by atoms with van der Waals surface area (Å²) < 4.78 is 5.36. The SMILES string of the molecule is CCC(CC)(NCc1nc(C2CC2)no1)c1ccc(Cl)cc1. The molecule has 5 heteroatoms. The fourth-order valence-corrected chi connectivity index (χ4v) is 3.00. The molecule has 1 aromatic carbocycles. The lowest BCUT2D eigenvalue weighted by Crippen LogP contribution is -2.41. The van der Waals surface area contributed by atoms with E-state index in [-0.39, 0.29) is 5.54 Å². The van der Waals surface area contributed by atoms with Crippen molar-refractivity contribution >= 4 is 11.6 Å². The zero-order valence-electron chi connectivity index (χ0n) is 13.1. The van der Waals surface area contributed by atoms with Crippen molar-refractivity contribution in [1.29, 1.82) is 0 Å². The van der Waals surface area contributed by atoms with Gasteiger partial charge < -0.3 is 4.52 Å². The number of nitrogens with one attached hydrogen (secondary N) is 1. The van der Waals surface area contributed by atoms with Crippen molar-refractivity contribution < 1.29 is 4.52 Å². The minimum Gasteiger partial charge on any atom is -0.338 e. The van der Waals surface area contributed by atoms with E-state index < -0.39 is 0 Å². The van der Waals surface area contributed by atoms with Crippen LogP contribution in [0.25, 0.3) is 0 Å². The van der Waals surface area contributed by atoms with Crippen molar-refractivity contribution in [3.05, 3.63) is 46.6 Å². The van der Waals surface area contributed by atoms with Gasteiger partial charge in [-0.15, -0.1) is 0 Å². The van der Waals surface area contributed by atoms with Crippen LogP contribution in [0.1, 0.15) is 62.7 Å². The summed E-state index contributed by atoms with van der Waals surface area (Å²) in [5.74, 6) is 2.06. The monoisotopic (exact) mass is 319 g/mol. The van der Waals surface area contributed by atoms with Gasteiger partial charge in [0.2, 0.25) is 5.89 Å². The summed E-state index contributed by atoms with van der Waals surface area (Å²) in [6, 6.07) is 8.06. The van der Waals surface area contributed by atoms with Crippen LogP contribution in [0.5, 0.6) is 0 Å². The average Bonchev–Trinajstić information content (AvgIpc) is 3.29. The molecule has 2 aromatic rings. The minimum atomic E-state index is -0.0984. The molecule has 0 radical (unpaired) electrons. The normalized spacial score (nSPS) is 15.2. The van der Waals surface area contributed by atoms with Gasteiger partial charge in [-0.25, -0.2) is 0 Å². The molecule has 0 amide bonds. The summed E-state index contributed by atoms with van der Waals surface area (Å²) in [5, 5.41) is 8.45. The van der Waals surface area contributed by atoms with Crippen LogP contribution in [0.2, 0.25) is 5.02 Å². The van der Waals surface area contributed by atoms with Crippen molar-refractivity contribution in [2.24, 2.45) is 0 Å². The Balaban J connectivity index is 1.73. The molecule has 1 aromatic heterocycles. The first-order valence-corrected chi connectivity index (χ1v) is 8.38. The zero-order chi connectivity index (χ0) is 15.6. The fourth-order valence-electron chi connectivity index (χ4n) is 2.87. The summed E-state index contributed by atoms with van der Waals surface area (Å²) in [6.07, 6.45) is 4.33. The molecule has 4 nitrogen and oxygen atoms in total. The van der Waals surface area contributed by atoms with Gasteiger partial charge >= 0.3 is 0 Å². The molecule has 0 unspecified atom stereocenters. The van der Waals surface area contributed by atoms with Gasteiger partial charge in [-0.3, -0.25) is 5.32 Å². The van der Waals surface area contributed by atoms with Crippen molar-refractivity contribution in [3.63, 3.8) is 0 Å². The molecule has 1 heterocycles. The second-order valence-electron chi connectivity index (χ2n) is 5.97. The summed E-state index contributed by atoms with van der Waals surface area (Å²) in [5.41, 5.74) is 1.14. The van der Waals surface area contributed by atoms with Crippen molar-refractivity contribution in [2.75, 3.05) is 0 Å². The summed E-state index contributed by atoms with van der Waals surface area (Å²) in [4.78, 5) is 4.49. The van der Waals surface area contributed by atoms with Crippen molar-refractivity contribution in [2.45, 2.75) is 57.5 Å². The van der Waals surface area contributed by atoms with Crippen LogP contribution in [0, 0.1) is 0 Å².